The van der Waals surface area contributed by atoms with E-state index in [0.717, 1.165) is 35.9 Å². The van der Waals surface area contributed by atoms with Crippen LogP contribution in [-0.4, -0.2) is 25.9 Å². The van der Waals surface area contributed by atoms with E-state index in [1.807, 2.05) is 42.8 Å². The number of rotatable bonds is 6. The van der Waals surface area contributed by atoms with Crippen LogP contribution in [0.15, 0.2) is 53.7 Å². The predicted octanol–water partition coefficient (Wildman–Crippen LogP) is 4.01. The third-order valence-electron chi connectivity index (χ3n) is 5.15. The maximum atomic E-state index is 12.6. The highest BCUT2D eigenvalue weighted by atomic mass is 32.2. The van der Waals surface area contributed by atoms with Crippen LogP contribution < -0.4 is 5.32 Å². The molecule has 0 bridgehead atoms. The fourth-order valence-electron chi connectivity index (χ4n) is 3.49. The lowest BCUT2D eigenvalue weighted by molar-refractivity contribution is -0.115. The number of aryl methyl sites for hydroxylation is 2. The molecule has 1 aliphatic rings. The van der Waals surface area contributed by atoms with E-state index in [1.165, 1.54) is 34.9 Å². The molecule has 1 N–H and O–H groups in total. The van der Waals surface area contributed by atoms with Crippen molar-refractivity contribution in [2.75, 3.05) is 5.32 Å². The minimum absolute atomic E-state index is 0.0180. The van der Waals surface area contributed by atoms with E-state index in [1.54, 1.807) is 0 Å². The van der Waals surface area contributed by atoms with E-state index >= 15 is 0 Å². The topological polar surface area (TPSA) is 59.8 Å². The maximum absolute atomic E-state index is 12.6. The van der Waals surface area contributed by atoms with Crippen LogP contribution in [0.4, 0.5) is 5.69 Å². The van der Waals surface area contributed by atoms with Crippen LogP contribution >= 0.6 is 11.8 Å². The van der Waals surface area contributed by atoms with Crippen molar-refractivity contribution in [2.45, 2.75) is 43.0 Å². The van der Waals surface area contributed by atoms with E-state index in [-0.39, 0.29) is 11.2 Å². The number of thioether (sulfide) groups is 1. The van der Waals surface area contributed by atoms with Crippen molar-refractivity contribution >= 4 is 23.4 Å². The number of carbonyl (C=O) groups excluding carboxylic acids is 1. The zero-order valence-corrected chi connectivity index (χ0v) is 17.0. The lowest BCUT2D eigenvalue weighted by Crippen LogP contribution is -2.23. The molecule has 144 valence electrons. The minimum atomic E-state index is -0.263. The fourth-order valence-corrected chi connectivity index (χ4v) is 4.32. The first kappa shape index (κ1) is 18.7. The van der Waals surface area contributed by atoms with Gasteiger partial charge in [-0.3, -0.25) is 4.79 Å². The standard InChI is InChI=1S/C22H24N4OS/c1-15(21(27)23-19-12-11-17-9-6-10-18(17)14-19)28-22-25-24-20(26(22)2)13-16-7-4-3-5-8-16/h3-5,7-8,11-12,14-15H,6,9-10,13H2,1-2H3,(H,23,27)/t15-/m0/s1. The number of benzene rings is 2. The van der Waals surface area contributed by atoms with Gasteiger partial charge in [0.2, 0.25) is 5.91 Å². The summed E-state index contributed by atoms with van der Waals surface area (Å²) in [4.78, 5) is 12.6. The van der Waals surface area contributed by atoms with Crippen LogP contribution in [-0.2, 0) is 31.1 Å². The number of nitrogens with one attached hydrogen (secondary N) is 1. The molecule has 0 spiro atoms. The smallest absolute Gasteiger partial charge is 0.237 e. The van der Waals surface area contributed by atoms with Gasteiger partial charge in [-0.25, -0.2) is 0 Å². The normalized spacial score (nSPS) is 13.9. The van der Waals surface area contributed by atoms with Gasteiger partial charge in [0.15, 0.2) is 5.16 Å². The van der Waals surface area contributed by atoms with Crippen LogP contribution in [0.1, 0.15) is 35.9 Å². The highest BCUT2D eigenvalue weighted by Gasteiger charge is 2.20. The van der Waals surface area contributed by atoms with E-state index in [2.05, 4.69) is 39.8 Å². The number of carbonyl (C=O) groups is 1. The molecule has 1 aromatic heterocycles. The predicted molar refractivity (Wildman–Crippen MR) is 113 cm³/mol. The Labute approximate surface area is 169 Å². The first-order chi connectivity index (χ1) is 13.6. The number of fused-ring (bicyclic) bond motifs is 1. The van der Waals surface area contributed by atoms with Gasteiger partial charge in [-0.05, 0) is 55.0 Å². The number of amides is 1. The van der Waals surface area contributed by atoms with Crippen molar-refractivity contribution < 1.29 is 4.79 Å². The lowest BCUT2D eigenvalue weighted by Gasteiger charge is -2.12. The van der Waals surface area contributed by atoms with Gasteiger partial charge in [-0.15, -0.1) is 10.2 Å². The summed E-state index contributed by atoms with van der Waals surface area (Å²) in [6.07, 6.45) is 4.18. The Balaban J connectivity index is 1.39. The monoisotopic (exact) mass is 392 g/mol. The average molecular weight is 393 g/mol. The summed E-state index contributed by atoms with van der Waals surface area (Å²) in [5.41, 5.74) is 4.83. The first-order valence-electron chi connectivity index (χ1n) is 9.61. The summed E-state index contributed by atoms with van der Waals surface area (Å²) in [5, 5.41) is 12.1. The third kappa shape index (κ3) is 4.12. The molecule has 4 rings (SSSR count). The Morgan fingerprint density at radius 3 is 2.75 bits per heavy atom. The van der Waals surface area contributed by atoms with Gasteiger partial charge in [0, 0.05) is 19.2 Å². The fraction of sp³-hybridized carbons (Fsp3) is 0.318. The minimum Gasteiger partial charge on any atom is -0.325 e. The molecule has 0 saturated heterocycles. The van der Waals surface area contributed by atoms with Crippen molar-refractivity contribution in [3.63, 3.8) is 0 Å². The summed E-state index contributed by atoms with van der Waals surface area (Å²) in [5.74, 6) is 0.871. The van der Waals surface area contributed by atoms with Crippen LogP contribution in [0.25, 0.3) is 0 Å². The second kappa shape index (κ2) is 8.19. The van der Waals surface area contributed by atoms with Crippen LogP contribution in [0, 0.1) is 0 Å². The van der Waals surface area contributed by atoms with Crippen molar-refractivity contribution in [3.8, 4) is 0 Å². The van der Waals surface area contributed by atoms with Crippen LogP contribution in [0.2, 0.25) is 0 Å². The largest absolute Gasteiger partial charge is 0.325 e. The first-order valence-corrected chi connectivity index (χ1v) is 10.5. The van der Waals surface area contributed by atoms with E-state index in [0.29, 0.717) is 0 Å². The second-order valence-electron chi connectivity index (χ2n) is 7.21. The molecule has 1 heterocycles. The van der Waals surface area contributed by atoms with E-state index < -0.39 is 0 Å². The molecular formula is C22H24N4OS. The van der Waals surface area contributed by atoms with E-state index in [9.17, 15) is 4.79 Å². The molecule has 3 aromatic rings. The van der Waals surface area contributed by atoms with Gasteiger partial charge in [0.25, 0.3) is 0 Å². The quantitative estimate of drug-likeness (QED) is 0.644. The van der Waals surface area contributed by atoms with Gasteiger partial charge in [-0.2, -0.15) is 0 Å². The van der Waals surface area contributed by atoms with E-state index in [4.69, 9.17) is 0 Å². The van der Waals surface area contributed by atoms with Gasteiger partial charge in [0.1, 0.15) is 5.82 Å². The molecule has 0 radical (unpaired) electrons. The molecule has 6 heteroatoms. The Bertz CT molecular complexity index is 983. The SMILES string of the molecule is C[C@H](Sc1nnc(Cc2ccccc2)n1C)C(=O)Nc1ccc2c(c1)CCC2. The molecule has 0 aliphatic heterocycles. The molecule has 1 aliphatic carbocycles. The maximum Gasteiger partial charge on any atom is 0.237 e. The molecule has 1 atom stereocenters. The van der Waals surface area contributed by atoms with Crippen molar-refractivity contribution in [3.05, 3.63) is 71.0 Å². The summed E-state index contributed by atoms with van der Waals surface area (Å²) in [6, 6.07) is 16.4. The van der Waals surface area contributed by atoms with Crippen LogP contribution in [0.3, 0.4) is 0 Å². The van der Waals surface area contributed by atoms with Gasteiger partial charge >= 0.3 is 0 Å². The third-order valence-corrected chi connectivity index (χ3v) is 6.28. The van der Waals surface area contributed by atoms with Gasteiger partial charge < -0.3 is 9.88 Å². The molecule has 5 nitrogen and oxygen atoms in total. The molecule has 2 aromatic carbocycles. The number of hydrogen-bond donors (Lipinski definition) is 1. The highest BCUT2D eigenvalue weighted by molar-refractivity contribution is 8.00. The molecule has 0 saturated carbocycles. The Morgan fingerprint density at radius 1 is 1.14 bits per heavy atom. The van der Waals surface area contributed by atoms with Crippen molar-refractivity contribution in [1.29, 1.82) is 0 Å². The summed E-state index contributed by atoms with van der Waals surface area (Å²) in [7, 11) is 1.95. The van der Waals surface area contributed by atoms with Crippen LogP contribution in [0.5, 0.6) is 0 Å². The molecule has 0 fully saturated rings. The number of hydrogen-bond acceptors (Lipinski definition) is 4. The molecule has 1 amide bonds. The number of nitrogens with zero attached hydrogens (tertiary/aromatic N) is 3. The summed E-state index contributed by atoms with van der Waals surface area (Å²) >= 11 is 1.43. The Morgan fingerprint density at radius 2 is 1.93 bits per heavy atom. The summed E-state index contributed by atoms with van der Waals surface area (Å²) in [6.45, 7) is 1.90. The lowest BCUT2D eigenvalue weighted by atomic mass is 10.1. The van der Waals surface area contributed by atoms with Gasteiger partial charge in [-0.1, -0.05) is 48.2 Å². The highest BCUT2D eigenvalue weighted by Crippen LogP contribution is 2.27. The second-order valence-corrected chi connectivity index (χ2v) is 8.51. The van der Waals surface area contributed by atoms with Crippen molar-refractivity contribution in [2.24, 2.45) is 7.05 Å². The number of aromatic nitrogens is 3. The van der Waals surface area contributed by atoms with Gasteiger partial charge in [0.05, 0.1) is 5.25 Å². The molecule has 0 unspecified atom stereocenters. The number of anilines is 1. The zero-order valence-electron chi connectivity index (χ0n) is 16.2. The molecule has 28 heavy (non-hydrogen) atoms. The zero-order chi connectivity index (χ0) is 19.5. The Kier molecular flexibility index (Phi) is 5.48. The Hall–Kier alpha value is -2.60. The average Bonchev–Trinajstić information content (AvgIpc) is 3.30. The van der Waals surface area contributed by atoms with Crippen molar-refractivity contribution in [1.82, 2.24) is 14.8 Å². The summed E-state index contributed by atoms with van der Waals surface area (Å²) < 4.78 is 1.97. The molecular weight excluding hydrogens is 368 g/mol.